The molecule has 1 aliphatic carbocycles. The molecule has 1 saturated carbocycles. The molecule has 0 spiro atoms. The number of carbonyl (C=O) groups is 2. The molecule has 0 bridgehead atoms. The minimum Gasteiger partial charge on any atom is -0.463 e. The van der Waals surface area contributed by atoms with Crippen LogP contribution in [0, 0.1) is 11.7 Å². The smallest absolute Gasteiger partial charge is 0.338 e. The minimum absolute atomic E-state index is 0.0723. The Labute approximate surface area is 179 Å². The van der Waals surface area contributed by atoms with Crippen LogP contribution in [-0.2, 0) is 14.3 Å². The molecule has 1 aromatic carbocycles. The number of esters is 1. The minimum atomic E-state index is -0.607. The van der Waals surface area contributed by atoms with Crippen LogP contribution in [0.2, 0.25) is 0 Å². The second kappa shape index (κ2) is 8.63. The Morgan fingerprint density at radius 2 is 2.17 bits per heavy atom. The van der Waals surface area contributed by atoms with Gasteiger partial charge in [0.1, 0.15) is 5.82 Å². The monoisotopic (exact) mass is 429 g/mol. The van der Waals surface area contributed by atoms with Crippen molar-refractivity contribution in [2.45, 2.75) is 39.2 Å². The van der Waals surface area contributed by atoms with Crippen LogP contribution in [0.15, 0.2) is 51.6 Å². The molecule has 1 fully saturated rings. The third-order valence-corrected chi connectivity index (χ3v) is 6.18. The number of rotatable bonds is 7. The summed E-state index contributed by atoms with van der Waals surface area (Å²) in [7, 11) is 0. The number of amides is 1. The number of fused-ring (bicyclic) bond motifs is 1. The Bertz CT molecular complexity index is 968. The van der Waals surface area contributed by atoms with E-state index in [9.17, 15) is 14.0 Å². The number of nitrogens with zero attached hydrogens (tertiary/aromatic N) is 2. The number of carbonyl (C=O) groups excluding carboxylic acids is 2. The van der Waals surface area contributed by atoms with Gasteiger partial charge in [-0.2, -0.15) is 0 Å². The quantitative estimate of drug-likeness (QED) is 0.666. The standard InChI is InChI=1S/C22H24FN3O3S/c1-3-29-21(28)19-13(2)25-22-26(20(19)15-5-4-6-16(23)9-15)17(12-30-22)10-18(27)24-11-14-7-8-14/h4-6,9,12,14,20H,3,7-8,10-11H2,1-2H3,(H,24,27). The summed E-state index contributed by atoms with van der Waals surface area (Å²) >= 11 is 1.40. The summed E-state index contributed by atoms with van der Waals surface area (Å²) in [5, 5.41) is 5.52. The molecule has 0 saturated heterocycles. The summed E-state index contributed by atoms with van der Waals surface area (Å²) in [6.07, 6.45) is 2.49. The number of aliphatic imine (C=N–C) groups is 1. The number of ether oxygens (including phenoxy) is 1. The largest absolute Gasteiger partial charge is 0.463 e. The predicted octanol–water partition coefficient (Wildman–Crippen LogP) is 3.88. The van der Waals surface area contributed by atoms with Crippen molar-refractivity contribution in [1.29, 1.82) is 0 Å². The van der Waals surface area contributed by atoms with Crippen LogP contribution in [0.25, 0.3) is 0 Å². The third-order valence-electron chi connectivity index (χ3n) is 5.29. The molecule has 1 aromatic rings. The SMILES string of the molecule is CCOC(=O)C1=C(C)N=C2SC=C(CC(=O)NCC3CC3)N2C1c1cccc(F)c1. The lowest BCUT2D eigenvalue weighted by atomic mass is 9.93. The Kier molecular flexibility index (Phi) is 5.94. The van der Waals surface area contributed by atoms with Gasteiger partial charge in [0.2, 0.25) is 5.91 Å². The molecule has 0 radical (unpaired) electrons. The van der Waals surface area contributed by atoms with E-state index in [0.717, 1.165) is 18.5 Å². The maximum Gasteiger partial charge on any atom is 0.338 e. The van der Waals surface area contributed by atoms with Crippen molar-refractivity contribution >= 4 is 28.8 Å². The van der Waals surface area contributed by atoms with Gasteiger partial charge in [-0.1, -0.05) is 23.9 Å². The molecule has 1 amide bonds. The second-order valence-corrected chi connectivity index (χ2v) is 8.43. The maximum absolute atomic E-state index is 14.1. The lowest BCUT2D eigenvalue weighted by Crippen LogP contribution is -2.38. The van der Waals surface area contributed by atoms with Gasteiger partial charge in [0.15, 0.2) is 5.17 Å². The lowest BCUT2D eigenvalue weighted by Gasteiger charge is -2.36. The summed E-state index contributed by atoms with van der Waals surface area (Å²) in [5.74, 6) is -0.357. The van der Waals surface area contributed by atoms with Gasteiger partial charge in [-0.05, 0) is 55.7 Å². The van der Waals surface area contributed by atoms with E-state index >= 15 is 0 Å². The summed E-state index contributed by atoms with van der Waals surface area (Å²) in [4.78, 5) is 31.7. The van der Waals surface area contributed by atoms with Crippen LogP contribution in [0.5, 0.6) is 0 Å². The van der Waals surface area contributed by atoms with Crippen molar-refractivity contribution < 1.29 is 18.7 Å². The molecule has 1 unspecified atom stereocenters. The number of thioether (sulfide) groups is 1. The Balaban J connectivity index is 1.66. The molecular weight excluding hydrogens is 405 g/mol. The summed E-state index contributed by atoms with van der Waals surface area (Å²) in [6.45, 7) is 4.41. The van der Waals surface area contributed by atoms with Gasteiger partial charge in [0.25, 0.3) is 0 Å². The molecule has 2 aliphatic heterocycles. The highest BCUT2D eigenvalue weighted by Crippen LogP contribution is 2.44. The molecule has 2 heterocycles. The second-order valence-electron chi connectivity index (χ2n) is 7.59. The van der Waals surface area contributed by atoms with Gasteiger partial charge < -0.3 is 15.0 Å². The van der Waals surface area contributed by atoms with Crippen molar-refractivity contribution in [3.05, 3.63) is 58.0 Å². The molecule has 158 valence electrons. The molecule has 1 N–H and O–H groups in total. The first-order chi connectivity index (χ1) is 14.5. The van der Waals surface area contributed by atoms with Gasteiger partial charge >= 0.3 is 5.97 Å². The molecule has 3 aliphatic rings. The fourth-order valence-corrected chi connectivity index (χ4v) is 4.60. The van der Waals surface area contributed by atoms with Crippen LogP contribution >= 0.6 is 11.8 Å². The number of hydrogen-bond acceptors (Lipinski definition) is 6. The van der Waals surface area contributed by atoms with E-state index in [1.165, 1.54) is 23.9 Å². The number of halogens is 1. The van der Waals surface area contributed by atoms with Crippen molar-refractivity contribution in [1.82, 2.24) is 10.2 Å². The van der Waals surface area contributed by atoms with Crippen LogP contribution < -0.4 is 5.32 Å². The fraction of sp³-hybridized carbons (Fsp3) is 0.409. The average Bonchev–Trinajstić information content (AvgIpc) is 3.46. The van der Waals surface area contributed by atoms with Gasteiger partial charge in [0.05, 0.1) is 30.3 Å². The van der Waals surface area contributed by atoms with Gasteiger partial charge in [-0.15, -0.1) is 0 Å². The Morgan fingerprint density at radius 3 is 2.87 bits per heavy atom. The van der Waals surface area contributed by atoms with E-state index in [0.29, 0.717) is 34.5 Å². The third kappa shape index (κ3) is 4.28. The van der Waals surface area contributed by atoms with E-state index < -0.39 is 17.8 Å². The van der Waals surface area contributed by atoms with Crippen molar-refractivity contribution in [2.24, 2.45) is 10.9 Å². The van der Waals surface area contributed by atoms with Gasteiger partial charge in [-0.25, -0.2) is 14.2 Å². The zero-order valence-electron chi connectivity index (χ0n) is 17.0. The Hall–Kier alpha value is -2.61. The van der Waals surface area contributed by atoms with Gasteiger partial charge in [-0.3, -0.25) is 4.79 Å². The average molecular weight is 430 g/mol. The number of amidine groups is 1. The molecule has 0 aromatic heterocycles. The summed E-state index contributed by atoms with van der Waals surface area (Å²) < 4.78 is 19.3. The van der Waals surface area contributed by atoms with Crippen LogP contribution in [0.1, 0.15) is 44.7 Å². The van der Waals surface area contributed by atoms with Crippen molar-refractivity contribution in [3.8, 4) is 0 Å². The maximum atomic E-state index is 14.1. The Morgan fingerprint density at radius 1 is 1.37 bits per heavy atom. The van der Waals surface area contributed by atoms with Crippen LogP contribution in [-0.4, -0.2) is 35.1 Å². The highest BCUT2D eigenvalue weighted by molar-refractivity contribution is 8.16. The summed E-state index contributed by atoms with van der Waals surface area (Å²) in [5.41, 5.74) is 2.24. The first kappa shape index (κ1) is 20.7. The topological polar surface area (TPSA) is 71.0 Å². The van der Waals surface area contributed by atoms with Crippen molar-refractivity contribution in [2.75, 3.05) is 13.2 Å². The lowest BCUT2D eigenvalue weighted by molar-refractivity contribution is -0.139. The number of benzene rings is 1. The zero-order valence-corrected chi connectivity index (χ0v) is 17.8. The first-order valence-corrected chi connectivity index (χ1v) is 11.0. The number of hydrogen-bond donors (Lipinski definition) is 1. The van der Waals surface area contributed by atoms with Gasteiger partial charge in [0, 0.05) is 12.2 Å². The molecule has 30 heavy (non-hydrogen) atoms. The number of allylic oxidation sites excluding steroid dienone is 1. The van der Waals surface area contributed by atoms with Crippen molar-refractivity contribution in [3.63, 3.8) is 0 Å². The van der Waals surface area contributed by atoms with E-state index in [1.807, 2.05) is 10.3 Å². The molecule has 4 rings (SSSR count). The van der Waals surface area contributed by atoms with Crippen LogP contribution in [0.4, 0.5) is 4.39 Å². The normalized spacial score (nSPS) is 20.5. The molecule has 6 nitrogen and oxygen atoms in total. The molecule has 8 heteroatoms. The fourth-order valence-electron chi connectivity index (χ4n) is 3.64. The van der Waals surface area contributed by atoms with E-state index in [-0.39, 0.29) is 18.9 Å². The number of nitrogens with one attached hydrogen (secondary N) is 1. The first-order valence-electron chi connectivity index (χ1n) is 10.1. The predicted molar refractivity (Wildman–Crippen MR) is 114 cm³/mol. The molecule has 1 atom stereocenters. The van der Waals surface area contributed by atoms with E-state index in [1.54, 1.807) is 26.0 Å². The van der Waals surface area contributed by atoms with Crippen LogP contribution in [0.3, 0.4) is 0 Å². The highest BCUT2D eigenvalue weighted by Gasteiger charge is 2.41. The molecular formula is C22H24FN3O3S. The zero-order chi connectivity index (χ0) is 21.3. The van der Waals surface area contributed by atoms with E-state index in [4.69, 9.17) is 4.74 Å². The summed E-state index contributed by atoms with van der Waals surface area (Å²) in [6, 6.07) is 5.56. The highest BCUT2D eigenvalue weighted by atomic mass is 32.2. The van der Waals surface area contributed by atoms with E-state index in [2.05, 4.69) is 10.3 Å².